The summed E-state index contributed by atoms with van der Waals surface area (Å²) in [4.78, 5) is 17.8. The van der Waals surface area contributed by atoms with Gasteiger partial charge in [-0.1, -0.05) is 6.07 Å². The van der Waals surface area contributed by atoms with E-state index in [9.17, 15) is 4.79 Å². The van der Waals surface area contributed by atoms with Crippen LogP contribution in [-0.4, -0.2) is 33.0 Å². The number of aromatic amines is 1. The number of nitrogens with two attached hydrogens (primary N) is 1. The molecule has 0 spiro atoms. The Hall–Kier alpha value is -2.37. The summed E-state index contributed by atoms with van der Waals surface area (Å²) in [6.45, 7) is 2.22. The molecular weight excluding hydrogens is 230 g/mol. The maximum atomic E-state index is 12.3. The van der Waals surface area contributed by atoms with Crippen LogP contribution >= 0.6 is 0 Å². The smallest absolute Gasteiger partial charge is 0.254 e. The van der Waals surface area contributed by atoms with E-state index < -0.39 is 0 Å². The van der Waals surface area contributed by atoms with E-state index in [2.05, 4.69) is 15.2 Å². The number of nitrogen functional groups attached to an aromatic ring is 1. The zero-order valence-corrected chi connectivity index (χ0v) is 10.3. The third-order valence-corrected chi connectivity index (χ3v) is 2.80. The van der Waals surface area contributed by atoms with Gasteiger partial charge in [0.15, 0.2) is 0 Å². The number of nitrogens with zero attached hydrogens (tertiary/aromatic N) is 3. The second-order valence-corrected chi connectivity index (χ2v) is 4.11. The Labute approximate surface area is 105 Å². The molecular formula is C12H15N5O. The molecule has 2 rings (SSSR count). The van der Waals surface area contributed by atoms with Gasteiger partial charge in [-0.15, -0.1) is 0 Å². The molecule has 0 bridgehead atoms. The molecule has 0 atom stereocenters. The molecule has 2 aromatic rings. The molecule has 94 valence electrons. The summed E-state index contributed by atoms with van der Waals surface area (Å²) in [5.41, 5.74) is 7.82. The zero-order chi connectivity index (χ0) is 13.1. The third-order valence-electron chi connectivity index (χ3n) is 2.80. The van der Waals surface area contributed by atoms with E-state index in [0.717, 1.165) is 5.56 Å². The number of nitrogens with one attached hydrogen (secondary N) is 1. The van der Waals surface area contributed by atoms with Crippen molar-refractivity contribution >= 4 is 11.6 Å². The Kier molecular flexibility index (Phi) is 3.27. The standard InChI is InChI=1S/C12H15N5O/c1-8-9(4-3-5-10(8)13)12(18)17(2)6-11-14-7-15-16-11/h3-5,7H,6,13H2,1-2H3,(H,14,15,16). The van der Waals surface area contributed by atoms with E-state index in [1.165, 1.54) is 6.33 Å². The molecule has 1 heterocycles. The number of carbonyl (C=O) groups is 1. The molecule has 6 nitrogen and oxygen atoms in total. The number of amides is 1. The highest BCUT2D eigenvalue weighted by molar-refractivity contribution is 5.96. The van der Waals surface area contributed by atoms with Crippen molar-refractivity contribution in [2.24, 2.45) is 0 Å². The highest BCUT2D eigenvalue weighted by Crippen LogP contribution is 2.17. The van der Waals surface area contributed by atoms with E-state index >= 15 is 0 Å². The Morgan fingerprint density at radius 1 is 1.50 bits per heavy atom. The Morgan fingerprint density at radius 3 is 2.94 bits per heavy atom. The third kappa shape index (κ3) is 2.32. The first-order chi connectivity index (χ1) is 8.59. The van der Waals surface area contributed by atoms with Crippen molar-refractivity contribution in [3.8, 4) is 0 Å². The molecule has 1 aromatic carbocycles. The maximum absolute atomic E-state index is 12.3. The highest BCUT2D eigenvalue weighted by Gasteiger charge is 2.16. The molecule has 0 aliphatic rings. The lowest BCUT2D eigenvalue weighted by atomic mass is 10.1. The first-order valence-corrected chi connectivity index (χ1v) is 5.54. The molecule has 18 heavy (non-hydrogen) atoms. The molecule has 0 saturated heterocycles. The minimum atomic E-state index is -0.0869. The van der Waals surface area contributed by atoms with Crippen LogP contribution in [0.2, 0.25) is 0 Å². The first-order valence-electron chi connectivity index (χ1n) is 5.54. The highest BCUT2D eigenvalue weighted by atomic mass is 16.2. The normalized spacial score (nSPS) is 10.3. The molecule has 0 aliphatic carbocycles. The Balaban J connectivity index is 2.18. The van der Waals surface area contributed by atoms with Crippen LogP contribution in [0.1, 0.15) is 21.7 Å². The van der Waals surface area contributed by atoms with Gasteiger partial charge >= 0.3 is 0 Å². The van der Waals surface area contributed by atoms with Gasteiger partial charge in [-0.3, -0.25) is 9.89 Å². The van der Waals surface area contributed by atoms with Crippen molar-refractivity contribution in [2.45, 2.75) is 13.5 Å². The van der Waals surface area contributed by atoms with Crippen LogP contribution in [-0.2, 0) is 6.54 Å². The number of aromatic nitrogens is 3. The van der Waals surface area contributed by atoms with E-state index in [0.29, 0.717) is 23.6 Å². The van der Waals surface area contributed by atoms with Crippen molar-refractivity contribution in [1.82, 2.24) is 20.1 Å². The van der Waals surface area contributed by atoms with Crippen molar-refractivity contribution in [2.75, 3.05) is 12.8 Å². The summed E-state index contributed by atoms with van der Waals surface area (Å²) in [5.74, 6) is 0.559. The van der Waals surface area contributed by atoms with Crippen LogP contribution < -0.4 is 5.73 Å². The van der Waals surface area contributed by atoms with Gasteiger partial charge in [0.05, 0.1) is 6.54 Å². The Bertz CT molecular complexity index is 550. The molecule has 1 amide bonds. The largest absolute Gasteiger partial charge is 0.398 e. The predicted octanol–water partition coefficient (Wildman–Crippen LogP) is 0.968. The quantitative estimate of drug-likeness (QED) is 0.788. The first kappa shape index (κ1) is 12.1. The number of rotatable bonds is 3. The van der Waals surface area contributed by atoms with Gasteiger partial charge in [-0.2, -0.15) is 5.10 Å². The van der Waals surface area contributed by atoms with Crippen molar-refractivity contribution in [3.05, 3.63) is 41.5 Å². The molecule has 0 aliphatic heterocycles. The number of H-pyrrole nitrogens is 1. The molecule has 0 saturated carbocycles. The van der Waals surface area contributed by atoms with E-state index in [-0.39, 0.29) is 5.91 Å². The summed E-state index contributed by atoms with van der Waals surface area (Å²) in [7, 11) is 1.72. The number of hydrogen-bond donors (Lipinski definition) is 2. The van der Waals surface area contributed by atoms with Gasteiger partial charge in [0, 0.05) is 18.3 Å². The zero-order valence-electron chi connectivity index (χ0n) is 10.3. The maximum Gasteiger partial charge on any atom is 0.254 e. The fourth-order valence-electron chi connectivity index (χ4n) is 1.69. The van der Waals surface area contributed by atoms with Crippen LogP contribution in [0, 0.1) is 6.92 Å². The van der Waals surface area contributed by atoms with E-state index in [4.69, 9.17) is 5.73 Å². The predicted molar refractivity (Wildman–Crippen MR) is 67.8 cm³/mol. The van der Waals surface area contributed by atoms with Crippen LogP contribution in [0.5, 0.6) is 0 Å². The van der Waals surface area contributed by atoms with E-state index in [1.54, 1.807) is 30.1 Å². The van der Waals surface area contributed by atoms with E-state index in [1.807, 2.05) is 6.92 Å². The molecule has 6 heteroatoms. The minimum Gasteiger partial charge on any atom is -0.398 e. The lowest BCUT2D eigenvalue weighted by Gasteiger charge is -2.17. The molecule has 0 fully saturated rings. The molecule has 1 aromatic heterocycles. The van der Waals surface area contributed by atoms with Gasteiger partial charge in [-0.05, 0) is 24.6 Å². The average molecular weight is 245 g/mol. The number of carbonyl (C=O) groups excluding carboxylic acids is 1. The minimum absolute atomic E-state index is 0.0869. The van der Waals surface area contributed by atoms with Gasteiger partial charge in [0.25, 0.3) is 5.91 Å². The van der Waals surface area contributed by atoms with Crippen LogP contribution in [0.15, 0.2) is 24.5 Å². The second kappa shape index (κ2) is 4.87. The SMILES string of the molecule is Cc1c(N)cccc1C(=O)N(C)Cc1ncn[nH]1. The lowest BCUT2D eigenvalue weighted by Crippen LogP contribution is -2.27. The van der Waals surface area contributed by atoms with Gasteiger partial charge < -0.3 is 10.6 Å². The monoisotopic (exact) mass is 245 g/mol. The molecule has 3 N–H and O–H groups in total. The van der Waals surface area contributed by atoms with Gasteiger partial charge in [0.2, 0.25) is 0 Å². The van der Waals surface area contributed by atoms with Crippen molar-refractivity contribution in [3.63, 3.8) is 0 Å². The Morgan fingerprint density at radius 2 is 2.28 bits per heavy atom. The summed E-state index contributed by atoms with van der Waals surface area (Å²) in [5, 5.41) is 6.47. The lowest BCUT2D eigenvalue weighted by molar-refractivity contribution is 0.0781. The fourth-order valence-corrected chi connectivity index (χ4v) is 1.69. The average Bonchev–Trinajstić information content (AvgIpc) is 2.84. The van der Waals surface area contributed by atoms with Gasteiger partial charge in [0.1, 0.15) is 12.2 Å². The fraction of sp³-hybridized carbons (Fsp3) is 0.250. The summed E-state index contributed by atoms with van der Waals surface area (Å²) < 4.78 is 0. The van der Waals surface area contributed by atoms with Gasteiger partial charge in [-0.25, -0.2) is 4.98 Å². The second-order valence-electron chi connectivity index (χ2n) is 4.11. The van der Waals surface area contributed by atoms with Crippen LogP contribution in [0.4, 0.5) is 5.69 Å². The van der Waals surface area contributed by atoms with Crippen molar-refractivity contribution < 1.29 is 4.79 Å². The number of benzene rings is 1. The molecule has 0 unspecified atom stereocenters. The number of hydrogen-bond acceptors (Lipinski definition) is 4. The topological polar surface area (TPSA) is 87.9 Å². The summed E-state index contributed by atoms with van der Waals surface area (Å²) in [6.07, 6.45) is 1.42. The van der Waals surface area contributed by atoms with Crippen LogP contribution in [0.3, 0.4) is 0 Å². The summed E-state index contributed by atoms with van der Waals surface area (Å²) in [6, 6.07) is 5.32. The van der Waals surface area contributed by atoms with Crippen LogP contribution in [0.25, 0.3) is 0 Å². The number of anilines is 1. The molecule has 0 radical (unpaired) electrons. The summed E-state index contributed by atoms with van der Waals surface area (Å²) >= 11 is 0. The van der Waals surface area contributed by atoms with Crippen molar-refractivity contribution in [1.29, 1.82) is 0 Å².